The largest absolute Gasteiger partial charge is 0.471 e. The molecular formula is C31H29F2N5O2. The van der Waals surface area contributed by atoms with Crippen LogP contribution in [0.3, 0.4) is 0 Å². The van der Waals surface area contributed by atoms with Gasteiger partial charge in [-0.25, -0.2) is 13.8 Å². The van der Waals surface area contributed by atoms with Crippen molar-refractivity contribution in [3.63, 3.8) is 0 Å². The number of nitrogens with zero attached hydrogens (tertiary/aromatic N) is 5. The zero-order valence-electron chi connectivity index (χ0n) is 22.0. The minimum absolute atomic E-state index is 0.155. The Balaban J connectivity index is 1.03. The van der Waals surface area contributed by atoms with Gasteiger partial charge in [-0.2, -0.15) is 10.2 Å². The fourth-order valence-electron chi connectivity index (χ4n) is 6.20. The molecule has 1 aliphatic carbocycles. The van der Waals surface area contributed by atoms with E-state index in [1.165, 1.54) is 29.5 Å². The Morgan fingerprint density at radius 1 is 1.05 bits per heavy atom. The summed E-state index contributed by atoms with van der Waals surface area (Å²) in [6.07, 6.45) is 4.49. The van der Waals surface area contributed by atoms with Gasteiger partial charge in [-0.05, 0) is 67.5 Å². The lowest BCUT2D eigenvalue weighted by Gasteiger charge is -2.34. The highest BCUT2D eigenvalue weighted by atomic mass is 19.1. The van der Waals surface area contributed by atoms with E-state index in [-0.39, 0.29) is 35.1 Å². The quantitative estimate of drug-likeness (QED) is 0.298. The number of pyridine rings is 1. The van der Waals surface area contributed by atoms with Crippen molar-refractivity contribution in [1.82, 2.24) is 14.5 Å². The fraction of sp³-hybridized carbons (Fsp3) is 0.387. The second-order valence-corrected chi connectivity index (χ2v) is 11.1. The summed E-state index contributed by atoms with van der Waals surface area (Å²) in [5.41, 5.74) is 2.90. The first-order valence-electron chi connectivity index (χ1n) is 13.8. The number of benzene rings is 2. The Hall–Kier alpha value is -4.03. The molecule has 2 aromatic heterocycles. The molecule has 7 rings (SSSR count). The molecule has 0 radical (unpaired) electrons. The van der Waals surface area contributed by atoms with Crippen LogP contribution in [0.1, 0.15) is 48.6 Å². The van der Waals surface area contributed by atoms with E-state index < -0.39 is 11.6 Å². The van der Waals surface area contributed by atoms with Crippen LogP contribution in [0, 0.1) is 28.4 Å². The maximum atomic E-state index is 14.5. The van der Waals surface area contributed by atoms with Crippen molar-refractivity contribution >= 4 is 16.9 Å². The predicted molar refractivity (Wildman–Crippen MR) is 145 cm³/mol. The van der Waals surface area contributed by atoms with Crippen LogP contribution in [0.2, 0.25) is 0 Å². The Kier molecular flexibility index (Phi) is 6.16. The first kappa shape index (κ1) is 25.0. The molecule has 2 aromatic carbocycles. The number of imidazole rings is 1. The minimum Gasteiger partial charge on any atom is -0.471 e. The molecule has 7 nitrogen and oxygen atoms in total. The summed E-state index contributed by atoms with van der Waals surface area (Å²) >= 11 is 0. The zero-order chi connectivity index (χ0) is 27.3. The van der Waals surface area contributed by atoms with Gasteiger partial charge in [0, 0.05) is 31.2 Å². The smallest absolute Gasteiger partial charge is 0.252 e. The number of halogens is 2. The van der Waals surface area contributed by atoms with Gasteiger partial charge >= 0.3 is 0 Å². The van der Waals surface area contributed by atoms with E-state index in [1.54, 1.807) is 6.07 Å². The molecule has 9 heteroatoms. The van der Waals surface area contributed by atoms with E-state index >= 15 is 0 Å². The number of hydrogen-bond acceptors (Lipinski definition) is 6. The molecule has 0 bridgehead atoms. The van der Waals surface area contributed by atoms with Gasteiger partial charge in [0.15, 0.2) is 5.82 Å². The number of hydrogen-bond donors (Lipinski definition) is 0. The second kappa shape index (κ2) is 9.86. The molecule has 3 fully saturated rings. The van der Waals surface area contributed by atoms with Crippen LogP contribution in [-0.2, 0) is 17.9 Å². The van der Waals surface area contributed by atoms with Crippen molar-refractivity contribution in [3.8, 4) is 11.9 Å². The summed E-state index contributed by atoms with van der Waals surface area (Å²) in [6, 6.07) is 17.4. The van der Waals surface area contributed by atoms with Crippen LogP contribution >= 0.6 is 0 Å². The zero-order valence-corrected chi connectivity index (χ0v) is 22.0. The maximum absolute atomic E-state index is 14.5. The number of aromatic nitrogens is 3. The average molecular weight is 542 g/mol. The van der Waals surface area contributed by atoms with Gasteiger partial charge in [-0.1, -0.05) is 18.2 Å². The van der Waals surface area contributed by atoms with Gasteiger partial charge in [0.2, 0.25) is 0 Å². The normalized spacial score (nSPS) is 21.3. The van der Waals surface area contributed by atoms with Crippen LogP contribution in [0.5, 0.6) is 5.88 Å². The fourth-order valence-corrected chi connectivity index (χ4v) is 6.20. The van der Waals surface area contributed by atoms with Gasteiger partial charge in [0.05, 0.1) is 35.3 Å². The third-order valence-corrected chi connectivity index (χ3v) is 8.79. The lowest BCUT2D eigenvalue weighted by Crippen LogP contribution is -2.36. The number of anilines is 1. The molecule has 204 valence electrons. The number of piperidine rings is 1. The molecule has 1 spiro atoms. The van der Waals surface area contributed by atoms with Crippen molar-refractivity contribution in [2.24, 2.45) is 5.41 Å². The molecule has 4 heterocycles. The van der Waals surface area contributed by atoms with Crippen LogP contribution in [0.15, 0.2) is 54.6 Å². The molecule has 1 unspecified atom stereocenters. The van der Waals surface area contributed by atoms with Gasteiger partial charge in [0.25, 0.3) is 5.88 Å². The first-order chi connectivity index (χ1) is 19.5. The van der Waals surface area contributed by atoms with Crippen LogP contribution in [0.25, 0.3) is 11.0 Å². The third kappa shape index (κ3) is 4.46. The lowest BCUT2D eigenvalue weighted by molar-refractivity contribution is -0.0590. The van der Waals surface area contributed by atoms with E-state index in [0.29, 0.717) is 11.7 Å². The van der Waals surface area contributed by atoms with E-state index in [9.17, 15) is 8.78 Å². The van der Waals surface area contributed by atoms with E-state index in [4.69, 9.17) is 19.7 Å². The monoisotopic (exact) mass is 541 g/mol. The van der Waals surface area contributed by atoms with Crippen molar-refractivity contribution in [3.05, 3.63) is 83.2 Å². The summed E-state index contributed by atoms with van der Waals surface area (Å²) in [4.78, 5) is 11.7. The highest BCUT2D eigenvalue weighted by Crippen LogP contribution is 2.65. The number of para-hydroxylation sites is 2. The van der Waals surface area contributed by atoms with Gasteiger partial charge in [-0.15, -0.1) is 0 Å². The number of ether oxygens (including phenoxy) is 2. The molecule has 4 aromatic rings. The highest BCUT2D eigenvalue weighted by molar-refractivity contribution is 5.76. The Morgan fingerprint density at radius 2 is 1.88 bits per heavy atom. The molecule has 2 aliphatic heterocycles. The number of fused-ring (bicyclic) bond motifs is 1. The molecule has 2 saturated heterocycles. The summed E-state index contributed by atoms with van der Waals surface area (Å²) < 4.78 is 42.5. The van der Waals surface area contributed by atoms with Crippen molar-refractivity contribution in [2.75, 3.05) is 24.6 Å². The first-order valence-corrected chi connectivity index (χ1v) is 13.8. The highest BCUT2D eigenvalue weighted by Gasteiger charge is 2.57. The summed E-state index contributed by atoms with van der Waals surface area (Å²) in [6.45, 7) is 3.13. The van der Waals surface area contributed by atoms with E-state index in [0.717, 1.165) is 63.5 Å². The second-order valence-electron chi connectivity index (χ2n) is 11.1. The van der Waals surface area contributed by atoms with Crippen molar-refractivity contribution < 1.29 is 18.3 Å². The van der Waals surface area contributed by atoms with Gasteiger partial charge < -0.3 is 18.9 Å². The summed E-state index contributed by atoms with van der Waals surface area (Å²) in [7, 11) is 0. The Morgan fingerprint density at radius 3 is 2.62 bits per heavy atom. The molecule has 0 N–H and O–H groups in total. The minimum atomic E-state index is -0.595. The average Bonchev–Trinajstić information content (AvgIpc) is 3.51. The van der Waals surface area contributed by atoms with E-state index in [2.05, 4.69) is 32.7 Å². The molecule has 0 amide bonds. The molecule has 2 atom stereocenters. The van der Waals surface area contributed by atoms with Crippen molar-refractivity contribution in [2.45, 2.75) is 50.9 Å². The standard InChI is InChI=1S/C31H29F2N5O2/c32-24-7-8-28(36-30(24)40-19-21-6-5-20(17-34)15-25(21)33)37-12-10-31(11-13-37)16-23(31)29-35-26-3-1-2-4-27(26)38(29)18-22-9-14-39-22/h1-8,15,22-23H,9-14,16,18-19H2/t22-,23?/m0/s1. The number of rotatable bonds is 7. The van der Waals surface area contributed by atoms with Crippen LogP contribution in [0.4, 0.5) is 14.6 Å². The van der Waals surface area contributed by atoms with Crippen molar-refractivity contribution in [1.29, 1.82) is 5.26 Å². The van der Waals surface area contributed by atoms with Gasteiger partial charge in [-0.3, -0.25) is 0 Å². The van der Waals surface area contributed by atoms with Crippen LogP contribution in [-0.4, -0.2) is 40.3 Å². The molecule has 40 heavy (non-hydrogen) atoms. The molecular weight excluding hydrogens is 512 g/mol. The SMILES string of the molecule is N#Cc1ccc(COc2nc(N3CCC4(CC3)CC4c3nc4ccccc4n3C[C@@H]3CCO3)ccc2F)c(F)c1. The Bertz CT molecular complexity index is 1620. The topological polar surface area (TPSA) is 76.2 Å². The molecule has 3 aliphatic rings. The van der Waals surface area contributed by atoms with E-state index in [1.807, 2.05) is 12.1 Å². The summed E-state index contributed by atoms with van der Waals surface area (Å²) in [5, 5.41) is 8.92. The van der Waals surface area contributed by atoms with Crippen LogP contribution < -0.4 is 9.64 Å². The Labute approximate surface area is 231 Å². The lowest BCUT2D eigenvalue weighted by atomic mass is 9.90. The number of nitriles is 1. The van der Waals surface area contributed by atoms with Gasteiger partial charge in [0.1, 0.15) is 24.1 Å². The maximum Gasteiger partial charge on any atom is 0.252 e. The molecule has 1 saturated carbocycles. The third-order valence-electron chi connectivity index (χ3n) is 8.79. The predicted octanol–water partition coefficient (Wildman–Crippen LogP) is 5.72. The summed E-state index contributed by atoms with van der Waals surface area (Å²) in [5.74, 6) is 0.934.